The second-order valence-corrected chi connectivity index (χ2v) is 6.70. The van der Waals surface area contributed by atoms with Crippen molar-refractivity contribution in [3.63, 3.8) is 0 Å². The highest BCUT2D eigenvalue weighted by atomic mass is 32.2. The van der Waals surface area contributed by atoms with E-state index in [1.54, 1.807) is 0 Å². The molecular formula is C16H19NO3S. The van der Waals surface area contributed by atoms with Gasteiger partial charge in [-0.25, -0.2) is 13.6 Å². The van der Waals surface area contributed by atoms with Crippen molar-refractivity contribution < 1.29 is 13.2 Å². The van der Waals surface area contributed by atoms with Gasteiger partial charge < -0.3 is 4.74 Å². The van der Waals surface area contributed by atoms with Gasteiger partial charge >= 0.3 is 0 Å². The van der Waals surface area contributed by atoms with Gasteiger partial charge in [0.1, 0.15) is 17.3 Å². The molecule has 0 aliphatic rings. The molecule has 5 heteroatoms. The third kappa shape index (κ3) is 3.62. The summed E-state index contributed by atoms with van der Waals surface area (Å²) >= 11 is 0. The number of hydrogen-bond acceptors (Lipinski definition) is 3. The zero-order valence-electron chi connectivity index (χ0n) is 12.4. The molecule has 0 aliphatic heterocycles. The van der Waals surface area contributed by atoms with Crippen LogP contribution in [0.1, 0.15) is 22.3 Å². The summed E-state index contributed by atoms with van der Waals surface area (Å²) in [7, 11) is -3.82. The topological polar surface area (TPSA) is 69.4 Å². The molecule has 0 fully saturated rings. The Morgan fingerprint density at radius 3 is 2.33 bits per heavy atom. The Labute approximate surface area is 125 Å². The Bertz CT molecular complexity index is 767. The fourth-order valence-electron chi connectivity index (χ4n) is 2.23. The van der Waals surface area contributed by atoms with E-state index in [-0.39, 0.29) is 4.90 Å². The molecule has 0 spiro atoms. The van der Waals surface area contributed by atoms with E-state index < -0.39 is 10.0 Å². The van der Waals surface area contributed by atoms with Gasteiger partial charge in [-0.2, -0.15) is 0 Å². The number of aryl methyl sites for hydroxylation is 3. The quantitative estimate of drug-likeness (QED) is 0.944. The molecule has 0 aliphatic carbocycles. The molecule has 0 bridgehead atoms. The van der Waals surface area contributed by atoms with E-state index >= 15 is 0 Å². The third-order valence-corrected chi connectivity index (χ3v) is 4.24. The predicted molar refractivity (Wildman–Crippen MR) is 82.8 cm³/mol. The number of hydrogen-bond donors (Lipinski definition) is 1. The van der Waals surface area contributed by atoms with Gasteiger partial charge in [-0.15, -0.1) is 0 Å². The molecule has 2 rings (SSSR count). The summed E-state index contributed by atoms with van der Waals surface area (Å²) in [5.74, 6) is 0.325. The summed E-state index contributed by atoms with van der Waals surface area (Å²) in [6, 6.07) is 11.2. The largest absolute Gasteiger partial charge is 0.487 e. The van der Waals surface area contributed by atoms with Crippen LogP contribution in [0.4, 0.5) is 0 Å². The van der Waals surface area contributed by atoms with E-state index in [0.717, 1.165) is 22.3 Å². The summed E-state index contributed by atoms with van der Waals surface area (Å²) in [5.41, 5.74) is 3.70. The van der Waals surface area contributed by atoms with Crippen LogP contribution in [0.3, 0.4) is 0 Å². The van der Waals surface area contributed by atoms with E-state index in [4.69, 9.17) is 9.88 Å². The molecule has 0 aromatic heterocycles. The first-order valence-corrected chi connectivity index (χ1v) is 8.15. The Balaban J connectivity index is 2.39. The monoisotopic (exact) mass is 305 g/mol. The van der Waals surface area contributed by atoms with Crippen LogP contribution in [0.25, 0.3) is 0 Å². The van der Waals surface area contributed by atoms with Crippen molar-refractivity contribution in [3.8, 4) is 5.75 Å². The molecule has 0 heterocycles. The second-order valence-electron chi connectivity index (χ2n) is 5.17. The molecule has 21 heavy (non-hydrogen) atoms. The summed E-state index contributed by atoms with van der Waals surface area (Å²) in [6.07, 6.45) is 0. The van der Waals surface area contributed by atoms with Gasteiger partial charge in [-0.3, -0.25) is 0 Å². The minimum Gasteiger partial charge on any atom is -0.487 e. The lowest BCUT2D eigenvalue weighted by atomic mass is 10.1. The van der Waals surface area contributed by atoms with Gasteiger partial charge in [-0.1, -0.05) is 30.3 Å². The van der Waals surface area contributed by atoms with Crippen LogP contribution in [0.5, 0.6) is 5.75 Å². The Morgan fingerprint density at radius 2 is 1.71 bits per heavy atom. The highest BCUT2D eigenvalue weighted by molar-refractivity contribution is 7.89. The molecule has 2 aromatic rings. The first-order chi connectivity index (χ1) is 9.79. The van der Waals surface area contributed by atoms with Crippen molar-refractivity contribution in [2.75, 3.05) is 0 Å². The van der Waals surface area contributed by atoms with E-state index in [2.05, 4.69) is 0 Å². The van der Waals surface area contributed by atoms with E-state index in [1.165, 1.54) is 6.07 Å². The van der Waals surface area contributed by atoms with Crippen molar-refractivity contribution in [1.29, 1.82) is 0 Å². The molecule has 0 saturated heterocycles. The standard InChI is InChI=1S/C16H19NO3S/c1-11-8-13(3)16(15(9-11)21(17,18)19)20-10-14-7-5-4-6-12(14)2/h4-9H,10H2,1-3H3,(H2,17,18,19). The molecule has 0 atom stereocenters. The second kappa shape index (κ2) is 5.87. The summed E-state index contributed by atoms with van der Waals surface area (Å²) in [6.45, 7) is 5.93. The molecule has 0 unspecified atom stereocenters. The first kappa shape index (κ1) is 15.5. The van der Waals surface area contributed by atoms with Crippen molar-refractivity contribution in [1.82, 2.24) is 0 Å². The Hall–Kier alpha value is -1.85. The molecule has 0 radical (unpaired) electrons. The average Bonchev–Trinajstić information content (AvgIpc) is 2.37. The van der Waals surface area contributed by atoms with Crippen molar-refractivity contribution in [2.45, 2.75) is 32.3 Å². The number of ether oxygens (including phenoxy) is 1. The average molecular weight is 305 g/mol. The highest BCUT2D eigenvalue weighted by Crippen LogP contribution is 2.29. The van der Waals surface area contributed by atoms with Gasteiger partial charge in [0, 0.05) is 0 Å². The van der Waals surface area contributed by atoms with Crippen LogP contribution in [0.2, 0.25) is 0 Å². The normalized spacial score (nSPS) is 11.4. The maximum absolute atomic E-state index is 11.7. The van der Waals surface area contributed by atoms with Gasteiger partial charge in [0.2, 0.25) is 10.0 Å². The third-order valence-electron chi connectivity index (χ3n) is 3.32. The van der Waals surface area contributed by atoms with Crippen molar-refractivity contribution >= 4 is 10.0 Å². The van der Waals surface area contributed by atoms with Crippen LogP contribution < -0.4 is 9.88 Å². The Kier molecular flexibility index (Phi) is 4.34. The number of benzene rings is 2. The SMILES string of the molecule is Cc1cc(C)c(OCc2ccccc2C)c(S(N)(=O)=O)c1. The molecule has 2 N–H and O–H groups in total. The molecule has 0 amide bonds. The lowest BCUT2D eigenvalue weighted by Gasteiger charge is -2.15. The number of sulfonamides is 1. The predicted octanol–water partition coefficient (Wildman–Crippen LogP) is 2.84. The fraction of sp³-hybridized carbons (Fsp3) is 0.250. The van der Waals surface area contributed by atoms with Crippen LogP contribution in [-0.4, -0.2) is 8.42 Å². The maximum Gasteiger partial charge on any atom is 0.241 e. The van der Waals surface area contributed by atoms with Crippen molar-refractivity contribution in [3.05, 3.63) is 58.7 Å². The first-order valence-electron chi connectivity index (χ1n) is 6.60. The zero-order valence-corrected chi connectivity index (χ0v) is 13.2. The van der Waals surface area contributed by atoms with Crippen LogP contribution in [0.15, 0.2) is 41.3 Å². The van der Waals surface area contributed by atoms with E-state index in [1.807, 2.05) is 51.1 Å². The van der Waals surface area contributed by atoms with Crippen LogP contribution in [0, 0.1) is 20.8 Å². The summed E-state index contributed by atoms with van der Waals surface area (Å²) in [5, 5.41) is 5.29. The van der Waals surface area contributed by atoms with E-state index in [9.17, 15) is 8.42 Å². The molecular weight excluding hydrogens is 286 g/mol. The summed E-state index contributed by atoms with van der Waals surface area (Å²) in [4.78, 5) is 0.0357. The molecule has 4 nitrogen and oxygen atoms in total. The minimum absolute atomic E-state index is 0.0357. The number of primary sulfonamides is 1. The lowest BCUT2D eigenvalue weighted by molar-refractivity contribution is 0.295. The fourth-order valence-corrected chi connectivity index (χ4v) is 3.06. The minimum atomic E-state index is -3.82. The van der Waals surface area contributed by atoms with E-state index in [0.29, 0.717) is 12.4 Å². The summed E-state index contributed by atoms with van der Waals surface area (Å²) < 4.78 is 29.2. The smallest absolute Gasteiger partial charge is 0.241 e. The van der Waals surface area contributed by atoms with Gasteiger partial charge in [0.15, 0.2) is 0 Å². The number of nitrogens with two attached hydrogens (primary N) is 1. The molecule has 0 saturated carbocycles. The van der Waals surface area contributed by atoms with Crippen LogP contribution >= 0.6 is 0 Å². The van der Waals surface area contributed by atoms with Crippen molar-refractivity contribution in [2.24, 2.45) is 5.14 Å². The van der Waals surface area contributed by atoms with Crippen LogP contribution in [-0.2, 0) is 16.6 Å². The molecule has 112 valence electrons. The van der Waals surface area contributed by atoms with Gasteiger partial charge in [0.25, 0.3) is 0 Å². The number of rotatable bonds is 4. The lowest BCUT2D eigenvalue weighted by Crippen LogP contribution is -2.15. The zero-order chi connectivity index (χ0) is 15.6. The van der Waals surface area contributed by atoms with Gasteiger partial charge in [-0.05, 0) is 49.1 Å². The van der Waals surface area contributed by atoms with Gasteiger partial charge in [0.05, 0.1) is 0 Å². The highest BCUT2D eigenvalue weighted by Gasteiger charge is 2.18. The Morgan fingerprint density at radius 1 is 1.05 bits per heavy atom. The molecule has 2 aromatic carbocycles. The maximum atomic E-state index is 11.7.